The number of urea groups is 1. The number of nitrogens with zero attached hydrogens (tertiary/aromatic N) is 4. The Morgan fingerprint density at radius 1 is 1.08 bits per heavy atom. The van der Waals surface area contributed by atoms with E-state index in [4.69, 9.17) is 0 Å². The molecule has 124 valence electrons. The number of hydrogen-bond donors (Lipinski definition) is 1. The number of imide groups is 1. The molecule has 24 heavy (non-hydrogen) atoms. The van der Waals surface area contributed by atoms with Gasteiger partial charge in [0.2, 0.25) is 0 Å². The second-order valence-corrected chi connectivity index (χ2v) is 6.43. The van der Waals surface area contributed by atoms with Crippen LogP contribution in [0.15, 0.2) is 36.5 Å². The molecular weight excluding hydrogens is 306 g/mol. The molecule has 7 nitrogen and oxygen atoms in total. The van der Waals surface area contributed by atoms with Gasteiger partial charge in [0.1, 0.15) is 11.2 Å². The molecule has 1 saturated carbocycles. The van der Waals surface area contributed by atoms with Crippen LogP contribution in [0.25, 0.3) is 5.69 Å². The van der Waals surface area contributed by atoms with Crippen LogP contribution in [0.1, 0.15) is 37.8 Å². The molecule has 1 aromatic carbocycles. The van der Waals surface area contributed by atoms with Gasteiger partial charge in [0, 0.05) is 0 Å². The molecule has 0 unspecified atom stereocenters. The molecular formula is C17H19N5O2. The number of rotatable bonds is 3. The summed E-state index contributed by atoms with van der Waals surface area (Å²) >= 11 is 0. The minimum atomic E-state index is -0.690. The molecule has 2 aliphatic rings. The van der Waals surface area contributed by atoms with Crippen molar-refractivity contribution in [2.75, 3.05) is 0 Å². The molecule has 1 aliphatic carbocycles. The van der Waals surface area contributed by atoms with E-state index in [1.807, 2.05) is 30.3 Å². The Morgan fingerprint density at radius 2 is 1.83 bits per heavy atom. The first kappa shape index (κ1) is 14.9. The maximum Gasteiger partial charge on any atom is 0.325 e. The van der Waals surface area contributed by atoms with E-state index in [1.54, 1.807) is 6.20 Å². The highest BCUT2D eigenvalue weighted by molar-refractivity contribution is 6.07. The lowest BCUT2D eigenvalue weighted by Crippen LogP contribution is -2.48. The quantitative estimate of drug-likeness (QED) is 0.876. The lowest BCUT2D eigenvalue weighted by atomic mass is 9.82. The Morgan fingerprint density at radius 3 is 2.58 bits per heavy atom. The zero-order valence-electron chi connectivity index (χ0n) is 13.3. The molecule has 0 radical (unpaired) electrons. The maximum absolute atomic E-state index is 12.8. The molecule has 2 aromatic rings. The van der Waals surface area contributed by atoms with Crippen LogP contribution in [0.2, 0.25) is 0 Å². The topological polar surface area (TPSA) is 80.1 Å². The van der Waals surface area contributed by atoms with Crippen LogP contribution in [0.5, 0.6) is 0 Å². The van der Waals surface area contributed by atoms with Crippen molar-refractivity contribution in [3.05, 3.63) is 42.2 Å². The first-order valence-electron chi connectivity index (χ1n) is 8.29. The molecule has 2 heterocycles. The van der Waals surface area contributed by atoms with E-state index < -0.39 is 5.54 Å². The Labute approximate surface area is 139 Å². The summed E-state index contributed by atoms with van der Waals surface area (Å²) in [7, 11) is 0. The lowest BCUT2D eigenvalue weighted by Gasteiger charge is -2.30. The van der Waals surface area contributed by atoms with Crippen LogP contribution >= 0.6 is 0 Å². The van der Waals surface area contributed by atoms with E-state index >= 15 is 0 Å². The largest absolute Gasteiger partial charge is 0.325 e. The van der Waals surface area contributed by atoms with Gasteiger partial charge in [-0.15, -0.1) is 0 Å². The number of benzene rings is 1. The molecule has 1 spiro atoms. The summed E-state index contributed by atoms with van der Waals surface area (Å²) in [5.74, 6) is -0.124. The fraction of sp³-hybridized carbons (Fsp3) is 0.412. The van der Waals surface area contributed by atoms with Crippen molar-refractivity contribution in [1.29, 1.82) is 0 Å². The van der Waals surface area contributed by atoms with Crippen molar-refractivity contribution >= 4 is 11.9 Å². The van der Waals surface area contributed by atoms with Gasteiger partial charge in [-0.2, -0.15) is 15.0 Å². The summed E-state index contributed by atoms with van der Waals surface area (Å²) in [5.41, 5.74) is 0.741. The average Bonchev–Trinajstić information content (AvgIpc) is 3.16. The Kier molecular flexibility index (Phi) is 3.55. The second kappa shape index (κ2) is 5.74. The smallest absolute Gasteiger partial charge is 0.323 e. The molecule has 0 bridgehead atoms. The van der Waals surface area contributed by atoms with E-state index in [0.29, 0.717) is 5.69 Å². The van der Waals surface area contributed by atoms with Crippen molar-refractivity contribution < 1.29 is 9.59 Å². The summed E-state index contributed by atoms with van der Waals surface area (Å²) in [6, 6.07) is 9.20. The predicted molar refractivity (Wildman–Crippen MR) is 86.3 cm³/mol. The third-order valence-corrected chi connectivity index (χ3v) is 4.80. The summed E-state index contributed by atoms with van der Waals surface area (Å²) in [6.07, 6.45) is 6.12. The van der Waals surface area contributed by atoms with Crippen molar-refractivity contribution in [3.8, 4) is 5.69 Å². The Balaban J connectivity index is 1.52. The van der Waals surface area contributed by atoms with Gasteiger partial charge in [-0.1, -0.05) is 37.5 Å². The van der Waals surface area contributed by atoms with Crippen molar-refractivity contribution in [3.63, 3.8) is 0 Å². The van der Waals surface area contributed by atoms with Gasteiger partial charge in [-0.3, -0.25) is 9.69 Å². The van der Waals surface area contributed by atoms with Crippen LogP contribution in [0.4, 0.5) is 4.79 Å². The van der Waals surface area contributed by atoms with Crippen molar-refractivity contribution in [1.82, 2.24) is 25.2 Å². The van der Waals surface area contributed by atoms with Gasteiger partial charge in [0.15, 0.2) is 0 Å². The van der Waals surface area contributed by atoms with Gasteiger partial charge in [-0.25, -0.2) is 4.79 Å². The average molecular weight is 325 g/mol. The van der Waals surface area contributed by atoms with E-state index in [1.165, 1.54) is 9.70 Å². The Bertz CT molecular complexity index is 764. The van der Waals surface area contributed by atoms with E-state index in [-0.39, 0.29) is 18.5 Å². The highest BCUT2D eigenvalue weighted by Crippen LogP contribution is 2.34. The van der Waals surface area contributed by atoms with E-state index in [9.17, 15) is 9.59 Å². The van der Waals surface area contributed by atoms with E-state index in [2.05, 4.69) is 15.5 Å². The van der Waals surface area contributed by atoms with Gasteiger partial charge >= 0.3 is 6.03 Å². The number of nitrogens with one attached hydrogen (secondary N) is 1. The fourth-order valence-electron chi connectivity index (χ4n) is 3.53. The van der Waals surface area contributed by atoms with Crippen LogP contribution in [0, 0.1) is 0 Å². The van der Waals surface area contributed by atoms with Gasteiger partial charge in [0.25, 0.3) is 5.91 Å². The van der Waals surface area contributed by atoms with E-state index in [0.717, 1.165) is 37.8 Å². The summed E-state index contributed by atoms with van der Waals surface area (Å²) in [5, 5.41) is 11.5. The second-order valence-electron chi connectivity index (χ2n) is 6.43. The third kappa shape index (κ3) is 2.46. The molecule has 1 aromatic heterocycles. The first-order valence-corrected chi connectivity index (χ1v) is 8.29. The van der Waals surface area contributed by atoms with Crippen LogP contribution in [0.3, 0.4) is 0 Å². The molecule has 3 amide bonds. The monoisotopic (exact) mass is 325 g/mol. The van der Waals surface area contributed by atoms with Gasteiger partial charge in [-0.05, 0) is 25.0 Å². The molecule has 0 atom stereocenters. The SMILES string of the molecule is O=C1NC2(CCCCC2)C(=O)N1Cc1cnn(-c2ccccc2)n1. The summed E-state index contributed by atoms with van der Waals surface area (Å²) in [6.45, 7) is 0.152. The number of aromatic nitrogens is 3. The van der Waals surface area contributed by atoms with Crippen LogP contribution in [-0.2, 0) is 11.3 Å². The first-order chi connectivity index (χ1) is 11.7. The van der Waals surface area contributed by atoms with Crippen LogP contribution in [-0.4, -0.2) is 37.4 Å². The minimum absolute atomic E-state index is 0.124. The molecule has 1 aliphatic heterocycles. The van der Waals surface area contributed by atoms with Gasteiger partial charge < -0.3 is 5.32 Å². The number of carbonyl (C=O) groups is 2. The molecule has 1 N–H and O–H groups in total. The molecule has 7 heteroatoms. The van der Waals surface area contributed by atoms with Crippen molar-refractivity contribution in [2.24, 2.45) is 0 Å². The highest BCUT2D eigenvalue weighted by Gasteiger charge is 2.51. The Hall–Kier alpha value is -2.70. The number of para-hydroxylation sites is 1. The predicted octanol–water partition coefficient (Wildman–Crippen LogP) is 2.02. The van der Waals surface area contributed by atoms with Crippen molar-refractivity contribution in [2.45, 2.75) is 44.2 Å². The normalized spacial score (nSPS) is 19.8. The number of amides is 3. The number of carbonyl (C=O) groups excluding carboxylic acids is 2. The van der Waals surface area contributed by atoms with Gasteiger partial charge in [0.05, 0.1) is 18.4 Å². The zero-order valence-corrected chi connectivity index (χ0v) is 13.3. The molecule has 4 rings (SSSR count). The fourth-order valence-corrected chi connectivity index (χ4v) is 3.53. The maximum atomic E-state index is 12.8. The van der Waals surface area contributed by atoms with Crippen LogP contribution < -0.4 is 5.32 Å². The third-order valence-electron chi connectivity index (χ3n) is 4.80. The zero-order chi connectivity index (χ0) is 16.6. The minimum Gasteiger partial charge on any atom is -0.323 e. The standard InChI is InChI=1S/C17H19N5O2/c23-15-17(9-5-2-6-10-17)19-16(24)21(15)12-13-11-18-22(20-13)14-7-3-1-4-8-14/h1,3-4,7-8,11H,2,5-6,9-10,12H2,(H,19,24). The highest BCUT2D eigenvalue weighted by atomic mass is 16.2. The number of hydrogen-bond acceptors (Lipinski definition) is 4. The summed E-state index contributed by atoms with van der Waals surface area (Å²) < 4.78 is 0. The lowest BCUT2D eigenvalue weighted by molar-refractivity contribution is -0.132. The molecule has 2 fully saturated rings. The molecule has 1 saturated heterocycles. The summed E-state index contributed by atoms with van der Waals surface area (Å²) in [4.78, 5) is 27.8.